The van der Waals surface area contributed by atoms with E-state index in [9.17, 15) is 13.6 Å². The lowest BCUT2D eigenvalue weighted by atomic mass is 10.00. The average Bonchev–Trinajstić information content (AvgIpc) is 3.00. The van der Waals surface area contributed by atoms with Crippen LogP contribution in [0.1, 0.15) is 27.3 Å². The third-order valence-corrected chi connectivity index (χ3v) is 8.81. The van der Waals surface area contributed by atoms with Crippen LogP contribution in [0, 0.1) is 10.8 Å². The van der Waals surface area contributed by atoms with E-state index in [-0.39, 0.29) is 24.9 Å². The molecule has 2 heterocycles. The van der Waals surface area contributed by atoms with Crippen LogP contribution in [0.2, 0.25) is 5.02 Å². The van der Waals surface area contributed by atoms with Crippen LogP contribution < -0.4 is 15.5 Å². The number of thioether (sulfide) groups is 1. The molecule has 226 valence electrons. The number of nitrogens with two attached hydrogens (primary N) is 1. The number of carbonyl (C=O) groups is 1. The normalized spacial score (nSPS) is 16.0. The van der Waals surface area contributed by atoms with Gasteiger partial charge in [0.25, 0.3) is 0 Å². The van der Waals surface area contributed by atoms with Crippen LogP contribution in [0.25, 0.3) is 0 Å². The van der Waals surface area contributed by atoms with Gasteiger partial charge in [-0.05, 0) is 90.6 Å². The monoisotopic (exact) mass is 629 g/mol. The van der Waals surface area contributed by atoms with Crippen molar-refractivity contribution in [3.63, 3.8) is 0 Å². The smallest absolute Gasteiger partial charge is 0.245 e. The number of fused-ring (bicyclic) bond motifs is 1. The lowest BCUT2D eigenvalue weighted by molar-refractivity contribution is -0.132. The third-order valence-electron chi connectivity index (χ3n) is 7.25. The second-order valence-electron chi connectivity index (χ2n) is 9.95. The first-order valence-electron chi connectivity index (χ1n) is 13.6. The van der Waals surface area contributed by atoms with E-state index in [2.05, 4.69) is 9.80 Å². The van der Waals surface area contributed by atoms with Crippen LogP contribution >= 0.6 is 23.4 Å². The SMILES string of the molecule is C[C@H](C(=O)N1CCN(c2ccc(S(=O)[O-])cc2)CC1)N1CCCc2cc(Cl)ccc21.N=C(N)SC(=N)c1ccccc1.[HH].[HH]. The van der Waals surface area contributed by atoms with Crippen molar-refractivity contribution in [3.05, 3.63) is 88.9 Å². The predicted octanol–water partition coefficient (Wildman–Crippen LogP) is 5.20. The van der Waals surface area contributed by atoms with E-state index in [0.29, 0.717) is 18.1 Å². The van der Waals surface area contributed by atoms with Crippen molar-refractivity contribution in [1.82, 2.24) is 4.90 Å². The van der Waals surface area contributed by atoms with E-state index >= 15 is 0 Å². The maximum Gasteiger partial charge on any atom is 0.245 e. The molecule has 0 aliphatic carbocycles. The Morgan fingerprint density at radius 2 is 1.69 bits per heavy atom. The molecule has 1 unspecified atom stereocenters. The maximum absolute atomic E-state index is 13.2. The number of rotatable bonds is 5. The summed E-state index contributed by atoms with van der Waals surface area (Å²) in [6, 6.07) is 21.8. The molecule has 5 rings (SSSR count). The molecular formula is C30H38ClN6O3S2-. The van der Waals surface area contributed by atoms with Crippen molar-refractivity contribution in [2.75, 3.05) is 42.5 Å². The molecule has 0 saturated carbocycles. The number of nitrogens with one attached hydrogen (secondary N) is 2. The van der Waals surface area contributed by atoms with Gasteiger partial charge in [0.05, 0.1) is 0 Å². The highest BCUT2D eigenvalue weighted by molar-refractivity contribution is 8.26. The summed E-state index contributed by atoms with van der Waals surface area (Å²) in [6.07, 6.45) is 2.01. The first-order chi connectivity index (χ1) is 20.1. The van der Waals surface area contributed by atoms with E-state index in [4.69, 9.17) is 28.2 Å². The van der Waals surface area contributed by atoms with Crippen LogP contribution in [-0.4, -0.2) is 68.5 Å². The lowest BCUT2D eigenvalue weighted by Crippen LogP contribution is -2.55. The number of hydrogen-bond acceptors (Lipinski definition) is 8. The highest BCUT2D eigenvalue weighted by Gasteiger charge is 2.31. The molecule has 2 atom stereocenters. The van der Waals surface area contributed by atoms with Crippen molar-refractivity contribution in [3.8, 4) is 0 Å². The minimum atomic E-state index is -2.21. The summed E-state index contributed by atoms with van der Waals surface area (Å²) >= 11 is 4.89. The standard InChI is InChI=1S/C22H26ClN3O3S.C8H9N3S.2H2/c1-16(26-10-2-3-17-15-18(23)4-9-21(17)26)22(27)25-13-11-24(12-14-25)19-5-7-20(8-6-19)30(28)29;9-7(12-8(10)11)6-4-2-1-3-5-6;;/h4-9,15-16H,2-3,10-14H2,1H3,(H,28,29);1-5,9H,(H3,10,11);2*1H/p-1/t16-;;;/m1.../s1. The Balaban J connectivity index is 0.000000410. The molecule has 4 N–H and O–H groups in total. The number of piperazine rings is 1. The molecule has 0 aromatic heterocycles. The Morgan fingerprint density at radius 3 is 2.31 bits per heavy atom. The fourth-order valence-corrected chi connectivity index (χ4v) is 6.13. The van der Waals surface area contributed by atoms with Crippen LogP contribution in [0.3, 0.4) is 0 Å². The summed E-state index contributed by atoms with van der Waals surface area (Å²) in [5.74, 6) is 0.148. The number of amidine groups is 1. The minimum absolute atomic E-state index is 0. The highest BCUT2D eigenvalue weighted by atomic mass is 35.5. The Hall–Kier alpha value is -3.38. The first-order valence-corrected chi connectivity index (χ1v) is 15.8. The average molecular weight is 630 g/mol. The van der Waals surface area contributed by atoms with Gasteiger partial charge in [-0.15, -0.1) is 0 Å². The summed E-state index contributed by atoms with van der Waals surface area (Å²) in [7, 11) is 0. The summed E-state index contributed by atoms with van der Waals surface area (Å²) in [4.78, 5) is 19.8. The number of benzene rings is 3. The van der Waals surface area contributed by atoms with Crippen LogP contribution in [0.4, 0.5) is 11.4 Å². The molecule has 12 heteroatoms. The minimum Gasteiger partial charge on any atom is -0.768 e. The van der Waals surface area contributed by atoms with Gasteiger partial charge >= 0.3 is 0 Å². The zero-order valence-corrected chi connectivity index (χ0v) is 25.7. The summed E-state index contributed by atoms with van der Waals surface area (Å²) in [6.45, 7) is 5.61. The molecule has 2 aliphatic heterocycles. The van der Waals surface area contributed by atoms with Gasteiger partial charge in [0, 0.05) is 62.4 Å². The molecule has 1 fully saturated rings. The van der Waals surface area contributed by atoms with Gasteiger partial charge in [0.1, 0.15) is 11.1 Å². The van der Waals surface area contributed by atoms with Gasteiger partial charge in [0.2, 0.25) is 5.91 Å². The molecule has 2 aliphatic rings. The number of aryl methyl sites for hydroxylation is 1. The number of carbonyl (C=O) groups excluding carboxylic acids is 1. The molecule has 3 aromatic rings. The topological polar surface area (TPSA) is 141 Å². The van der Waals surface area contributed by atoms with Crippen molar-refractivity contribution >= 4 is 61.9 Å². The Kier molecular flexibility index (Phi) is 11.0. The fourth-order valence-electron chi connectivity index (χ4n) is 5.11. The molecule has 0 bridgehead atoms. The Labute approximate surface area is 261 Å². The molecule has 42 heavy (non-hydrogen) atoms. The van der Waals surface area contributed by atoms with Gasteiger partial charge in [-0.3, -0.25) is 19.8 Å². The van der Waals surface area contributed by atoms with Crippen molar-refractivity contribution in [2.24, 2.45) is 5.73 Å². The van der Waals surface area contributed by atoms with Crippen LogP contribution in [0.15, 0.2) is 77.7 Å². The van der Waals surface area contributed by atoms with Crippen molar-refractivity contribution in [1.29, 1.82) is 10.8 Å². The first kappa shape index (κ1) is 31.6. The Morgan fingerprint density at radius 1 is 1.02 bits per heavy atom. The fraction of sp³-hybridized carbons (Fsp3) is 0.300. The zero-order valence-electron chi connectivity index (χ0n) is 23.3. The van der Waals surface area contributed by atoms with Gasteiger partial charge in [-0.25, -0.2) is 0 Å². The summed E-state index contributed by atoms with van der Waals surface area (Å²) in [5, 5.41) is 15.5. The molecular weight excluding hydrogens is 592 g/mol. The second-order valence-corrected chi connectivity index (χ2v) is 12.4. The number of amides is 1. The quantitative estimate of drug-likeness (QED) is 0.200. The summed E-state index contributed by atoms with van der Waals surface area (Å²) < 4.78 is 22.1. The van der Waals surface area contributed by atoms with E-state index in [1.165, 1.54) is 5.56 Å². The van der Waals surface area contributed by atoms with E-state index in [1.54, 1.807) is 12.1 Å². The molecule has 9 nitrogen and oxygen atoms in total. The molecule has 3 aromatic carbocycles. The van der Waals surface area contributed by atoms with Gasteiger partial charge in [-0.1, -0.05) is 41.9 Å². The largest absolute Gasteiger partial charge is 0.768 e. The van der Waals surface area contributed by atoms with E-state index in [0.717, 1.165) is 66.2 Å². The van der Waals surface area contributed by atoms with Crippen molar-refractivity contribution in [2.45, 2.75) is 30.7 Å². The molecule has 1 amide bonds. The third kappa shape index (κ3) is 8.13. The van der Waals surface area contributed by atoms with E-state index in [1.807, 2.05) is 72.5 Å². The Bertz CT molecular complexity index is 1440. The molecule has 1 saturated heterocycles. The van der Waals surface area contributed by atoms with E-state index < -0.39 is 11.1 Å². The second kappa shape index (κ2) is 14.7. The van der Waals surface area contributed by atoms with Gasteiger partial charge in [0.15, 0.2) is 5.17 Å². The number of halogens is 1. The lowest BCUT2D eigenvalue weighted by Gasteiger charge is -2.41. The number of hydrogen-bond donors (Lipinski definition) is 3. The van der Waals surface area contributed by atoms with Crippen molar-refractivity contribution < 1.29 is 16.4 Å². The maximum atomic E-state index is 13.2. The predicted molar refractivity (Wildman–Crippen MR) is 176 cm³/mol. The number of nitrogens with zero attached hydrogens (tertiary/aromatic N) is 3. The highest BCUT2D eigenvalue weighted by Crippen LogP contribution is 2.31. The van der Waals surface area contributed by atoms with Gasteiger partial charge < -0.3 is 25.0 Å². The van der Waals surface area contributed by atoms with Gasteiger partial charge in [-0.2, -0.15) is 0 Å². The number of anilines is 2. The zero-order chi connectivity index (χ0) is 30.2. The molecule has 0 spiro atoms. The van der Waals surface area contributed by atoms with Crippen LogP contribution in [0.5, 0.6) is 0 Å². The molecule has 0 radical (unpaired) electrons. The summed E-state index contributed by atoms with van der Waals surface area (Å²) in [5.41, 5.74) is 9.22. The van der Waals surface area contributed by atoms with Crippen LogP contribution in [-0.2, 0) is 22.3 Å².